The zero-order valence-corrected chi connectivity index (χ0v) is 11.4. The van der Waals surface area contributed by atoms with Crippen LogP contribution in [0.3, 0.4) is 0 Å². The Bertz CT molecular complexity index is 734. The lowest BCUT2D eigenvalue weighted by Crippen LogP contribution is -2.04. The van der Waals surface area contributed by atoms with Crippen LogP contribution in [0.15, 0.2) is 42.5 Å². The lowest BCUT2D eigenvalue weighted by Gasteiger charge is -2.12. The van der Waals surface area contributed by atoms with Gasteiger partial charge in [0.15, 0.2) is 6.10 Å². The van der Waals surface area contributed by atoms with Gasteiger partial charge in [-0.25, -0.2) is 9.37 Å². The standard InChI is InChI=1S/C16H15FN2O/c1-10-3-6-13(7-4-10)20-11(2)16-18-14-8-5-12(17)9-15(14)19-16/h3-9,11H,1-2H3,(H,18,19)/t11-/m0/s1. The number of imidazole rings is 1. The Morgan fingerprint density at radius 3 is 2.65 bits per heavy atom. The molecule has 0 saturated carbocycles. The van der Waals surface area contributed by atoms with Crippen LogP contribution < -0.4 is 4.74 Å². The monoisotopic (exact) mass is 270 g/mol. The summed E-state index contributed by atoms with van der Waals surface area (Å²) in [6.45, 7) is 3.94. The first-order valence-electron chi connectivity index (χ1n) is 6.50. The second-order valence-corrected chi connectivity index (χ2v) is 4.86. The van der Waals surface area contributed by atoms with Gasteiger partial charge in [0, 0.05) is 0 Å². The zero-order chi connectivity index (χ0) is 14.1. The fourth-order valence-electron chi connectivity index (χ4n) is 2.07. The minimum Gasteiger partial charge on any atom is -0.483 e. The van der Waals surface area contributed by atoms with Crippen molar-refractivity contribution in [2.75, 3.05) is 0 Å². The summed E-state index contributed by atoms with van der Waals surface area (Å²) in [5.41, 5.74) is 2.60. The van der Waals surface area contributed by atoms with Gasteiger partial charge in [-0.1, -0.05) is 17.7 Å². The van der Waals surface area contributed by atoms with Gasteiger partial charge in [-0.15, -0.1) is 0 Å². The van der Waals surface area contributed by atoms with E-state index < -0.39 is 0 Å². The molecule has 102 valence electrons. The van der Waals surface area contributed by atoms with Crippen LogP contribution in [0, 0.1) is 12.7 Å². The molecule has 0 aliphatic heterocycles. The molecule has 3 nitrogen and oxygen atoms in total. The molecule has 0 fully saturated rings. The lowest BCUT2D eigenvalue weighted by atomic mass is 10.2. The number of halogens is 1. The van der Waals surface area contributed by atoms with Crippen LogP contribution in [0.1, 0.15) is 24.4 Å². The van der Waals surface area contributed by atoms with E-state index in [2.05, 4.69) is 9.97 Å². The summed E-state index contributed by atoms with van der Waals surface area (Å²) in [5, 5.41) is 0. The molecule has 0 aliphatic rings. The second-order valence-electron chi connectivity index (χ2n) is 4.86. The lowest BCUT2D eigenvalue weighted by molar-refractivity contribution is 0.218. The van der Waals surface area contributed by atoms with Crippen LogP contribution in [-0.4, -0.2) is 9.97 Å². The molecule has 1 N–H and O–H groups in total. The molecule has 1 atom stereocenters. The van der Waals surface area contributed by atoms with Crippen LogP contribution >= 0.6 is 0 Å². The summed E-state index contributed by atoms with van der Waals surface area (Å²) < 4.78 is 19.0. The van der Waals surface area contributed by atoms with Gasteiger partial charge in [-0.3, -0.25) is 0 Å². The van der Waals surface area contributed by atoms with Crippen molar-refractivity contribution in [2.24, 2.45) is 0 Å². The van der Waals surface area contributed by atoms with Crippen molar-refractivity contribution in [3.63, 3.8) is 0 Å². The van der Waals surface area contributed by atoms with E-state index in [1.54, 1.807) is 6.07 Å². The van der Waals surface area contributed by atoms with Crippen molar-refractivity contribution < 1.29 is 9.13 Å². The summed E-state index contributed by atoms with van der Waals surface area (Å²) in [4.78, 5) is 7.51. The molecule has 0 saturated heterocycles. The average Bonchev–Trinajstić information content (AvgIpc) is 2.84. The number of nitrogens with one attached hydrogen (secondary N) is 1. The summed E-state index contributed by atoms with van der Waals surface area (Å²) in [7, 11) is 0. The van der Waals surface area contributed by atoms with Crippen molar-refractivity contribution >= 4 is 11.0 Å². The minimum atomic E-state index is -0.278. The first kappa shape index (κ1) is 12.7. The molecule has 3 aromatic rings. The fourth-order valence-corrected chi connectivity index (χ4v) is 2.07. The molecule has 1 aromatic heterocycles. The van der Waals surface area contributed by atoms with E-state index in [0.717, 1.165) is 11.3 Å². The first-order valence-corrected chi connectivity index (χ1v) is 6.50. The summed E-state index contributed by atoms with van der Waals surface area (Å²) in [5.74, 6) is 1.20. The maximum atomic E-state index is 13.2. The highest BCUT2D eigenvalue weighted by Gasteiger charge is 2.12. The number of aryl methyl sites for hydroxylation is 1. The van der Waals surface area contributed by atoms with E-state index in [9.17, 15) is 4.39 Å². The van der Waals surface area contributed by atoms with Crippen LogP contribution in [0.25, 0.3) is 11.0 Å². The van der Waals surface area contributed by atoms with Crippen LogP contribution in [-0.2, 0) is 0 Å². The number of fused-ring (bicyclic) bond motifs is 1. The third kappa shape index (κ3) is 2.50. The minimum absolute atomic E-state index is 0.229. The number of aromatic amines is 1. The molecule has 0 amide bonds. The number of hydrogen-bond acceptors (Lipinski definition) is 2. The zero-order valence-electron chi connectivity index (χ0n) is 11.4. The van der Waals surface area contributed by atoms with Crippen molar-refractivity contribution in [3.8, 4) is 5.75 Å². The number of ether oxygens (including phenoxy) is 1. The van der Waals surface area contributed by atoms with E-state index in [4.69, 9.17) is 4.74 Å². The average molecular weight is 270 g/mol. The van der Waals surface area contributed by atoms with E-state index in [0.29, 0.717) is 11.3 Å². The third-order valence-corrected chi connectivity index (χ3v) is 3.18. The van der Waals surface area contributed by atoms with Crippen molar-refractivity contribution in [2.45, 2.75) is 20.0 Å². The van der Waals surface area contributed by atoms with Gasteiger partial charge in [0.05, 0.1) is 11.0 Å². The predicted octanol–water partition coefficient (Wildman–Crippen LogP) is 4.15. The molecule has 0 bridgehead atoms. The molecular formula is C16H15FN2O. The van der Waals surface area contributed by atoms with E-state index in [-0.39, 0.29) is 11.9 Å². The molecule has 20 heavy (non-hydrogen) atoms. The molecule has 3 rings (SSSR count). The molecule has 1 heterocycles. The first-order chi connectivity index (χ1) is 9.61. The largest absolute Gasteiger partial charge is 0.483 e. The normalized spacial score (nSPS) is 12.6. The SMILES string of the molecule is Cc1ccc(O[C@@H](C)c2nc3ccc(F)cc3[nH]2)cc1. The Balaban J connectivity index is 1.84. The van der Waals surface area contributed by atoms with Gasteiger partial charge in [-0.2, -0.15) is 0 Å². The number of aromatic nitrogens is 2. The Kier molecular flexibility index (Phi) is 3.14. The smallest absolute Gasteiger partial charge is 0.153 e. The van der Waals surface area contributed by atoms with Crippen molar-refractivity contribution in [3.05, 3.63) is 59.7 Å². The van der Waals surface area contributed by atoms with Gasteiger partial charge < -0.3 is 9.72 Å². The van der Waals surface area contributed by atoms with Gasteiger partial charge in [-0.05, 0) is 44.2 Å². The Hall–Kier alpha value is -2.36. The maximum absolute atomic E-state index is 13.2. The van der Waals surface area contributed by atoms with Crippen LogP contribution in [0.5, 0.6) is 5.75 Å². The Labute approximate surface area is 116 Å². The predicted molar refractivity (Wildman–Crippen MR) is 76.3 cm³/mol. The highest BCUT2D eigenvalue weighted by Crippen LogP contribution is 2.22. The van der Waals surface area contributed by atoms with Gasteiger partial charge >= 0.3 is 0 Å². The number of nitrogens with zero attached hydrogens (tertiary/aromatic N) is 1. The second kappa shape index (κ2) is 4.96. The number of benzene rings is 2. The molecule has 4 heteroatoms. The molecule has 0 spiro atoms. The summed E-state index contributed by atoms with van der Waals surface area (Å²) >= 11 is 0. The van der Waals surface area contributed by atoms with Crippen molar-refractivity contribution in [1.29, 1.82) is 0 Å². The third-order valence-electron chi connectivity index (χ3n) is 3.18. The number of H-pyrrole nitrogens is 1. The Morgan fingerprint density at radius 1 is 1.15 bits per heavy atom. The number of rotatable bonds is 3. The van der Waals surface area contributed by atoms with Gasteiger partial charge in [0.25, 0.3) is 0 Å². The molecule has 2 aromatic carbocycles. The van der Waals surface area contributed by atoms with Crippen LogP contribution in [0.4, 0.5) is 4.39 Å². The quantitative estimate of drug-likeness (QED) is 0.776. The number of hydrogen-bond donors (Lipinski definition) is 1. The van der Waals surface area contributed by atoms with E-state index in [1.165, 1.54) is 17.7 Å². The maximum Gasteiger partial charge on any atom is 0.153 e. The van der Waals surface area contributed by atoms with Crippen LogP contribution in [0.2, 0.25) is 0 Å². The molecule has 0 aliphatic carbocycles. The summed E-state index contributed by atoms with van der Waals surface area (Å²) in [6.07, 6.45) is -0.229. The highest BCUT2D eigenvalue weighted by atomic mass is 19.1. The fraction of sp³-hybridized carbons (Fsp3) is 0.188. The van der Waals surface area contributed by atoms with E-state index in [1.807, 2.05) is 38.1 Å². The topological polar surface area (TPSA) is 37.9 Å². The van der Waals surface area contributed by atoms with E-state index >= 15 is 0 Å². The molecular weight excluding hydrogens is 255 g/mol. The highest BCUT2D eigenvalue weighted by molar-refractivity contribution is 5.75. The van der Waals surface area contributed by atoms with Crippen molar-refractivity contribution in [1.82, 2.24) is 9.97 Å². The molecule has 0 unspecified atom stereocenters. The van der Waals surface area contributed by atoms with Gasteiger partial charge in [0.1, 0.15) is 17.4 Å². The summed E-state index contributed by atoms with van der Waals surface area (Å²) in [6, 6.07) is 12.3. The van der Waals surface area contributed by atoms with Gasteiger partial charge in [0.2, 0.25) is 0 Å². The Morgan fingerprint density at radius 2 is 1.90 bits per heavy atom. The molecule has 0 radical (unpaired) electrons.